The molecule has 0 radical (unpaired) electrons. The molecule has 0 aliphatic carbocycles. The van der Waals surface area contributed by atoms with Crippen LogP contribution in [0.25, 0.3) is 11.1 Å². The van der Waals surface area contributed by atoms with E-state index in [4.69, 9.17) is 5.73 Å². The van der Waals surface area contributed by atoms with Gasteiger partial charge in [0.25, 0.3) is 0 Å². The van der Waals surface area contributed by atoms with E-state index in [1.54, 1.807) is 0 Å². The summed E-state index contributed by atoms with van der Waals surface area (Å²) in [5.41, 5.74) is 8.14. The van der Waals surface area contributed by atoms with Crippen LogP contribution in [0.2, 0.25) is 0 Å². The molecule has 2 aromatic rings. The van der Waals surface area contributed by atoms with E-state index in [0.717, 1.165) is 21.2 Å². The fourth-order valence-corrected chi connectivity index (χ4v) is 3.11. The minimum Gasteiger partial charge on any atom is -0.369 e. The molecule has 0 aliphatic heterocycles. The van der Waals surface area contributed by atoms with Crippen LogP contribution in [0.1, 0.15) is 5.56 Å². The smallest absolute Gasteiger partial charge is 0.230 e. The lowest BCUT2D eigenvalue weighted by Crippen LogP contribution is -2.20. The van der Waals surface area contributed by atoms with Gasteiger partial charge in [-0.25, -0.2) is 0 Å². The Bertz CT molecular complexity index is 641. The second-order valence-corrected chi connectivity index (χ2v) is 6.77. The van der Waals surface area contributed by atoms with Gasteiger partial charge in [-0.3, -0.25) is 9.00 Å². The molecule has 0 bridgehead atoms. The van der Waals surface area contributed by atoms with E-state index < -0.39 is 16.7 Å². The number of carbonyl (C=O) groups excluding carboxylic acids is 1. The summed E-state index contributed by atoms with van der Waals surface area (Å²) < 4.78 is 12.7. The number of amides is 1. The van der Waals surface area contributed by atoms with E-state index in [1.807, 2.05) is 48.5 Å². The van der Waals surface area contributed by atoms with Crippen LogP contribution < -0.4 is 5.73 Å². The van der Waals surface area contributed by atoms with Crippen LogP contribution in [0.3, 0.4) is 0 Å². The summed E-state index contributed by atoms with van der Waals surface area (Å²) in [5, 5.41) is 0. The maximum atomic E-state index is 11.7. The van der Waals surface area contributed by atoms with Gasteiger partial charge in [0.1, 0.15) is 5.75 Å². The minimum absolute atomic E-state index is 0.0947. The van der Waals surface area contributed by atoms with Crippen LogP contribution in [0.5, 0.6) is 0 Å². The van der Waals surface area contributed by atoms with Crippen LogP contribution in [-0.2, 0) is 21.3 Å². The van der Waals surface area contributed by atoms with Crippen LogP contribution in [0, 0.1) is 0 Å². The summed E-state index contributed by atoms with van der Waals surface area (Å²) in [6.45, 7) is 0. The Hall–Kier alpha value is -1.46. The largest absolute Gasteiger partial charge is 0.369 e. The maximum Gasteiger partial charge on any atom is 0.230 e. The fraction of sp³-hybridized carbons (Fsp3) is 0.133. The number of nitrogens with two attached hydrogens (primary N) is 1. The molecule has 1 atom stereocenters. The molecule has 0 aromatic heterocycles. The molecule has 2 rings (SSSR count). The Labute approximate surface area is 128 Å². The van der Waals surface area contributed by atoms with Crippen molar-refractivity contribution in [3.05, 3.63) is 58.6 Å². The Balaban J connectivity index is 2.17. The quantitative estimate of drug-likeness (QED) is 0.900. The molecule has 0 spiro atoms. The average molecular weight is 352 g/mol. The predicted octanol–water partition coefficient (Wildman–Crippen LogP) is 2.85. The second kappa shape index (κ2) is 6.81. The highest BCUT2D eigenvalue weighted by atomic mass is 79.9. The molecule has 1 amide bonds. The average Bonchev–Trinajstić information content (AvgIpc) is 2.38. The van der Waals surface area contributed by atoms with Gasteiger partial charge in [0.2, 0.25) is 5.91 Å². The highest BCUT2D eigenvalue weighted by molar-refractivity contribution is 9.10. The maximum absolute atomic E-state index is 11.7. The summed E-state index contributed by atoms with van der Waals surface area (Å²) in [4.78, 5) is 10.7. The van der Waals surface area contributed by atoms with Crippen LogP contribution in [0.4, 0.5) is 0 Å². The van der Waals surface area contributed by atoms with E-state index in [1.165, 1.54) is 0 Å². The van der Waals surface area contributed by atoms with Crippen molar-refractivity contribution in [3.8, 4) is 11.1 Å². The van der Waals surface area contributed by atoms with Crippen molar-refractivity contribution in [2.75, 3.05) is 5.75 Å². The third kappa shape index (κ3) is 4.28. The lowest BCUT2D eigenvalue weighted by molar-refractivity contribution is -0.115. The van der Waals surface area contributed by atoms with Gasteiger partial charge in [-0.1, -0.05) is 52.3 Å². The second-order valence-electron chi connectivity index (χ2n) is 4.40. The minimum atomic E-state index is -1.25. The SMILES string of the molecule is NC(=O)C[S@@](=O)Cc1cccc(-c2ccc(Br)cc2)c1. The molecular weight excluding hydrogens is 338 g/mol. The number of rotatable bonds is 5. The van der Waals surface area contributed by atoms with Crippen molar-refractivity contribution in [2.24, 2.45) is 5.73 Å². The van der Waals surface area contributed by atoms with Gasteiger partial charge in [0.15, 0.2) is 0 Å². The van der Waals surface area contributed by atoms with Crippen molar-refractivity contribution in [2.45, 2.75) is 5.75 Å². The van der Waals surface area contributed by atoms with Crippen LogP contribution >= 0.6 is 15.9 Å². The summed E-state index contributed by atoms with van der Waals surface area (Å²) >= 11 is 3.40. The number of halogens is 1. The van der Waals surface area contributed by atoms with E-state index >= 15 is 0 Å². The summed E-state index contributed by atoms with van der Waals surface area (Å²) in [6.07, 6.45) is 0. The first-order valence-corrected chi connectivity index (χ1v) is 8.31. The first kappa shape index (κ1) is 14.9. The molecule has 0 fully saturated rings. The van der Waals surface area contributed by atoms with Gasteiger partial charge in [-0.05, 0) is 28.8 Å². The van der Waals surface area contributed by atoms with E-state index in [2.05, 4.69) is 15.9 Å². The van der Waals surface area contributed by atoms with Crippen molar-refractivity contribution >= 4 is 32.6 Å². The van der Waals surface area contributed by atoms with Crippen LogP contribution in [-0.4, -0.2) is 15.9 Å². The molecule has 0 saturated carbocycles. The normalized spacial score (nSPS) is 12.1. The van der Waals surface area contributed by atoms with Crippen molar-refractivity contribution in [1.82, 2.24) is 0 Å². The lowest BCUT2D eigenvalue weighted by atomic mass is 10.0. The van der Waals surface area contributed by atoms with Gasteiger partial charge in [-0.2, -0.15) is 0 Å². The fourth-order valence-electron chi connectivity index (χ4n) is 1.88. The number of carbonyl (C=O) groups is 1. The zero-order valence-corrected chi connectivity index (χ0v) is 13.1. The topological polar surface area (TPSA) is 60.2 Å². The third-order valence-corrected chi connectivity index (χ3v) is 4.53. The summed E-state index contributed by atoms with van der Waals surface area (Å²) in [7, 11) is -1.25. The Morgan fingerprint density at radius 1 is 1.10 bits per heavy atom. The molecule has 104 valence electrons. The predicted molar refractivity (Wildman–Crippen MR) is 85.5 cm³/mol. The molecule has 2 aromatic carbocycles. The monoisotopic (exact) mass is 351 g/mol. The van der Waals surface area contributed by atoms with Crippen molar-refractivity contribution < 1.29 is 9.00 Å². The molecule has 0 heterocycles. The zero-order valence-electron chi connectivity index (χ0n) is 10.7. The van der Waals surface area contributed by atoms with Gasteiger partial charge in [-0.15, -0.1) is 0 Å². The van der Waals surface area contributed by atoms with Gasteiger partial charge in [0.05, 0.1) is 0 Å². The van der Waals surface area contributed by atoms with Gasteiger partial charge in [0, 0.05) is 21.0 Å². The molecule has 0 saturated heterocycles. The molecular formula is C15H14BrNO2S. The summed E-state index contributed by atoms with van der Waals surface area (Å²) in [5.74, 6) is -0.289. The number of benzene rings is 2. The van der Waals surface area contributed by atoms with Gasteiger partial charge >= 0.3 is 0 Å². The van der Waals surface area contributed by atoms with Gasteiger partial charge < -0.3 is 5.73 Å². The van der Waals surface area contributed by atoms with Crippen molar-refractivity contribution in [3.63, 3.8) is 0 Å². The Morgan fingerprint density at radius 3 is 2.45 bits per heavy atom. The lowest BCUT2D eigenvalue weighted by Gasteiger charge is -2.05. The molecule has 5 heteroatoms. The molecule has 20 heavy (non-hydrogen) atoms. The Morgan fingerprint density at radius 2 is 1.80 bits per heavy atom. The van der Waals surface area contributed by atoms with Crippen LogP contribution in [0.15, 0.2) is 53.0 Å². The Kier molecular flexibility index (Phi) is 5.09. The van der Waals surface area contributed by atoms with Crippen molar-refractivity contribution in [1.29, 1.82) is 0 Å². The molecule has 0 unspecified atom stereocenters. The first-order chi connectivity index (χ1) is 9.54. The number of hydrogen-bond donors (Lipinski definition) is 1. The first-order valence-electron chi connectivity index (χ1n) is 6.03. The summed E-state index contributed by atoms with van der Waals surface area (Å²) in [6, 6.07) is 15.8. The molecule has 0 aliphatic rings. The van der Waals surface area contributed by atoms with E-state index in [9.17, 15) is 9.00 Å². The molecule has 3 nitrogen and oxygen atoms in total. The number of primary amides is 1. The highest BCUT2D eigenvalue weighted by Crippen LogP contribution is 2.23. The van der Waals surface area contributed by atoms with E-state index in [0.29, 0.717) is 5.75 Å². The highest BCUT2D eigenvalue weighted by Gasteiger charge is 2.06. The standard InChI is InChI=1S/C15H14BrNO2S/c16-14-6-4-12(5-7-14)13-3-1-2-11(8-13)9-20(19)10-15(17)18/h1-8H,9-10H2,(H2,17,18)/t20-/m0/s1. The number of hydrogen-bond acceptors (Lipinski definition) is 2. The molecule has 2 N–H and O–H groups in total. The zero-order chi connectivity index (χ0) is 14.5. The third-order valence-electron chi connectivity index (χ3n) is 2.74. The van der Waals surface area contributed by atoms with E-state index in [-0.39, 0.29) is 5.75 Å².